The number of hydrogen-bond donors (Lipinski definition) is 1. The largest absolute Gasteiger partial charge is 0.399 e. The quantitative estimate of drug-likeness (QED) is 0.714. The Hall–Kier alpha value is -2.30. The number of nitrogens with zero attached hydrogens (tertiary/aromatic N) is 3. The smallest absolute Gasteiger partial charge is 0.191 e. The van der Waals surface area contributed by atoms with Crippen LogP contribution in [0, 0.1) is 48.9 Å². The van der Waals surface area contributed by atoms with Crippen LogP contribution in [0.5, 0.6) is 0 Å². The van der Waals surface area contributed by atoms with Gasteiger partial charge in [-0.05, 0) is 64.6 Å². The van der Waals surface area contributed by atoms with Gasteiger partial charge in [-0.1, -0.05) is 18.2 Å². The molecule has 23 heavy (non-hydrogen) atoms. The van der Waals surface area contributed by atoms with Crippen LogP contribution in [0.2, 0.25) is 0 Å². The Morgan fingerprint density at radius 2 is 1.78 bits per heavy atom. The molecule has 2 atom stereocenters. The van der Waals surface area contributed by atoms with Crippen molar-refractivity contribution >= 4 is 22.6 Å². The van der Waals surface area contributed by atoms with Crippen LogP contribution in [0.1, 0.15) is 24.3 Å². The highest BCUT2D eigenvalue weighted by Gasteiger charge is 2.54. The lowest BCUT2D eigenvalue weighted by molar-refractivity contribution is 0.345. The number of rotatable bonds is 1. The second-order valence-electron chi connectivity index (χ2n) is 5.80. The summed E-state index contributed by atoms with van der Waals surface area (Å²) in [4.78, 5) is 0. The molecular formula is C18H13IN4. The second kappa shape index (κ2) is 5.72. The summed E-state index contributed by atoms with van der Waals surface area (Å²) in [6, 6.07) is 14.2. The maximum absolute atomic E-state index is 9.81. The summed E-state index contributed by atoms with van der Waals surface area (Å²) < 4.78 is 1.09. The molecule has 0 aromatic heterocycles. The molecule has 3 rings (SSSR count). The molecular weight excluding hydrogens is 399 g/mol. The zero-order chi connectivity index (χ0) is 16.6. The van der Waals surface area contributed by atoms with E-state index in [-0.39, 0.29) is 17.5 Å². The van der Waals surface area contributed by atoms with E-state index in [4.69, 9.17) is 5.73 Å². The number of nitrogens with two attached hydrogens (primary N) is 1. The van der Waals surface area contributed by atoms with Crippen molar-refractivity contribution in [2.24, 2.45) is 17.1 Å². The van der Waals surface area contributed by atoms with E-state index in [1.165, 1.54) is 0 Å². The van der Waals surface area contributed by atoms with Gasteiger partial charge < -0.3 is 5.73 Å². The van der Waals surface area contributed by atoms with Crippen molar-refractivity contribution in [3.8, 4) is 18.2 Å². The highest BCUT2D eigenvalue weighted by molar-refractivity contribution is 14.1. The Balaban J connectivity index is 2.29. The van der Waals surface area contributed by atoms with E-state index in [0.29, 0.717) is 5.57 Å². The van der Waals surface area contributed by atoms with Crippen molar-refractivity contribution in [2.75, 3.05) is 0 Å². The van der Waals surface area contributed by atoms with E-state index >= 15 is 0 Å². The molecule has 0 amide bonds. The first-order valence-corrected chi connectivity index (χ1v) is 8.35. The topological polar surface area (TPSA) is 97.4 Å². The maximum atomic E-state index is 9.81. The molecule has 0 fully saturated rings. The highest BCUT2D eigenvalue weighted by atomic mass is 127. The van der Waals surface area contributed by atoms with Crippen LogP contribution in [0.15, 0.2) is 47.2 Å². The molecule has 112 valence electrons. The summed E-state index contributed by atoms with van der Waals surface area (Å²) >= 11 is 2.22. The van der Waals surface area contributed by atoms with Gasteiger partial charge in [-0.25, -0.2) is 0 Å². The van der Waals surface area contributed by atoms with Crippen LogP contribution >= 0.6 is 22.6 Å². The van der Waals surface area contributed by atoms with E-state index in [1.807, 2.05) is 30.3 Å². The van der Waals surface area contributed by atoms with Crippen LogP contribution < -0.4 is 5.73 Å². The van der Waals surface area contributed by atoms with Crippen LogP contribution in [0.3, 0.4) is 0 Å². The third kappa shape index (κ3) is 2.14. The van der Waals surface area contributed by atoms with Crippen LogP contribution in [0.4, 0.5) is 0 Å². The molecule has 2 aliphatic rings. The van der Waals surface area contributed by atoms with Crippen LogP contribution in [-0.2, 0) is 0 Å². The molecule has 0 radical (unpaired) electrons. The SMILES string of the molecule is N#CC1=C(N)C(C#N)(C#N)[C@@H](c2ccc(I)cc2)[C@@H]2CCC=C12. The summed E-state index contributed by atoms with van der Waals surface area (Å²) in [6.07, 6.45) is 3.69. The fraction of sp³-hybridized carbons (Fsp3) is 0.278. The molecule has 5 heteroatoms. The van der Waals surface area contributed by atoms with E-state index in [1.54, 1.807) is 0 Å². The van der Waals surface area contributed by atoms with Gasteiger partial charge in [0.1, 0.15) is 6.07 Å². The standard InChI is InChI=1S/C18H13IN4/c19-12-6-4-11(5-7-12)16-14-3-1-2-13(14)15(8-20)17(23)18(16,9-21)10-22/h2,4-7,14,16H,1,3,23H2/t14-,16+/m1/s1. The Kier molecular flexibility index (Phi) is 3.88. The van der Waals surface area contributed by atoms with Gasteiger partial charge in [0.2, 0.25) is 0 Å². The molecule has 0 heterocycles. The molecule has 0 saturated heterocycles. The first kappa shape index (κ1) is 15.6. The van der Waals surface area contributed by atoms with Crippen molar-refractivity contribution < 1.29 is 0 Å². The predicted molar refractivity (Wildman–Crippen MR) is 93.2 cm³/mol. The zero-order valence-corrected chi connectivity index (χ0v) is 14.4. The van der Waals surface area contributed by atoms with Crippen LogP contribution in [0.25, 0.3) is 0 Å². The van der Waals surface area contributed by atoms with E-state index in [0.717, 1.165) is 27.5 Å². The van der Waals surface area contributed by atoms with Crippen molar-refractivity contribution in [1.29, 1.82) is 15.8 Å². The normalized spacial score (nSPS) is 24.9. The lowest BCUT2D eigenvalue weighted by atomic mass is 9.59. The molecule has 0 unspecified atom stereocenters. The van der Waals surface area contributed by atoms with Gasteiger partial charge in [-0.15, -0.1) is 0 Å². The van der Waals surface area contributed by atoms with Crippen molar-refractivity contribution in [3.63, 3.8) is 0 Å². The number of hydrogen-bond acceptors (Lipinski definition) is 4. The Labute approximate surface area is 148 Å². The summed E-state index contributed by atoms with van der Waals surface area (Å²) in [5.41, 5.74) is 6.91. The average molecular weight is 412 g/mol. The molecule has 1 aromatic carbocycles. The minimum absolute atomic E-state index is 0.0173. The summed E-state index contributed by atoms with van der Waals surface area (Å²) in [6.45, 7) is 0. The lowest BCUT2D eigenvalue weighted by Crippen LogP contribution is -2.41. The third-order valence-corrected chi connectivity index (χ3v) is 5.51. The van der Waals surface area contributed by atoms with Crippen LogP contribution in [-0.4, -0.2) is 0 Å². The summed E-state index contributed by atoms with van der Waals surface area (Å²) in [5, 5.41) is 29.1. The molecule has 0 bridgehead atoms. The minimum Gasteiger partial charge on any atom is -0.399 e. The van der Waals surface area contributed by atoms with Gasteiger partial charge in [0.15, 0.2) is 5.41 Å². The number of halogens is 1. The van der Waals surface area contributed by atoms with Gasteiger partial charge in [0.05, 0.1) is 23.4 Å². The Bertz CT molecular complexity index is 829. The Morgan fingerprint density at radius 3 is 2.35 bits per heavy atom. The Morgan fingerprint density at radius 1 is 1.13 bits per heavy atom. The van der Waals surface area contributed by atoms with Gasteiger partial charge in [0, 0.05) is 9.49 Å². The van der Waals surface area contributed by atoms with E-state index in [9.17, 15) is 15.8 Å². The third-order valence-electron chi connectivity index (χ3n) is 4.79. The van der Waals surface area contributed by atoms with Gasteiger partial charge in [-0.3, -0.25) is 0 Å². The molecule has 1 aromatic rings. The fourth-order valence-corrected chi connectivity index (χ4v) is 4.10. The first-order valence-electron chi connectivity index (χ1n) is 7.27. The average Bonchev–Trinajstić information content (AvgIpc) is 3.04. The van der Waals surface area contributed by atoms with Gasteiger partial charge in [-0.2, -0.15) is 15.8 Å². The highest BCUT2D eigenvalue weighted by Crippen LogP contribution is 2.56. The molecule has 2 N–H and O–H groups in total. The number of nitriles is 3. The monoisotopic (exact) mass is 412 g/mol. The number of benzene rings is 1. The summed E-state index contributed by atoms with van der Waals surface area (Å²) in [5.74, 6) is -0.364. The first-order chi connectivity index (χ1) is 11.1. The number of fused-ring (bicyclic) bond motifs is 1. The lowest BCUT2D eigenvalue weighted by Gasteiger charge is -2.40. The second-order valence-corrected chi connectivity index (χ2v) is 7.05. The molecule has 0 aliphatic heterocycles. The van der Waals surface area contributed by atoms with Crippen molar-refractivity contribution in [3.05, 3.63) is 56.3 Å². The molecule has 0 spiro atoms. The van der Waals surface area contributed by atoms with Crippen molar-refractivity contribution in [2.45, 2.75) is 18.8 Å². The minimum atomic E-state index is -1.50. The molecule has 0 saturated carbocycles. The van der Waals surface area contributed by atoms with E-state index in [2.05, 4.69) is 40.8 Å². The molecule has 4 nitrogen and oxygen atoms in total. The van der Waals surface area contributed by atoms with Gasteiger partial charge in [0.25, 0.3) is 0 Å². The maximum Gasteiger partial charge on any atom is 0.191 e. The van der Waals surface area contributed by atoms with E-state index < -0.39 is 5.41 Å². The number of allylic oxidation sites excluding steroid dienone is 4. The molecule has 2 aliphatic carbocycles. The predicted octanol–water partition coefficient (Wildman–Crippen LogP) is 3.49. The zero-order valence-electron chi connectivity index (χ0n) is 12.3. The summed E-state index contributed by atoms with van der Waals surface area (Å²) in [7, 11) is 0. The van der Waals surface area contributed by atoms with Gasteiger partial charge >= 0.3 is 0 Å². The van der Waals surface area contributed by atoms with Crippen molar-refractivity contribution in [1.82, 2.24) is 0 Å². The fourth-order valence-electron chi connectivity index (χ4n) is 3.74.